The van der Waals surface area contributed by atoms with Crippen LogP contribution in [0.1, 0.15) is 5.69 Å². The van der Waals surface area contributed by atoms with Crippen molar-refractivity contribution in [2.24, 2.45) is 0 Å². The molecule has 2 N–H and O–H groups in total. The highest BCUT2D eigenvalue weighted by molar-refractivity contribution is 14.1. The van der Waals surface area contributed by atoms with Gasteiger partial charge in [0.1, 0.15) is 0 Å². The molecule has 0 spiro atoms. The van der Waals surface area contributed by atoms with Crippen molar-refractivity contribution in [2.75, 3.05) is 12.8 Å². The number of hydrogen-bond acceptors (Lipinski definition) is 3. The Bertz CT molecular complexity index is 252. The highest BCUT2D eigenvalue weighted by Gasteiger charge is 1.97. The van der Waals surface area contributed by atoms with Gasteiger partial charge in [0.25, 0.3) is 0 Å². The van der Waals surface area contributed by atoms with Crippen LogP contribution in [-0.2, 0) is 11.3 Å². The average Bonchev–Trinajstić information content (AvgIpc) is 1.98. The predicted molar refractivity (Wildman–Crippen MR) is 52.1 cm³/mol. The number of ether oxygens (including phenoxy) is 1. The number of rotatable bonds is 2. The van der Waals surface area contributed by atoms with Gasteiger partial charge in [-0.1, -0.05) is 0 Å². The first-order chi connectivity index (χ1) is 5.24. The number of pyridine rings is 1. The number of nitrogens with zero attached hydrogens (tertiary/aromatic N) is 1. The summed E-state index contributed by atoms with van der Waals surface area (Å²) >= 11 is 2.14. The van der Waals surface area contributed by atoms with Crippen molar-refractivity contribution >= 4 is 28.3 Å². The van der Waals surface area contributed by atoms with Gasteiger partial charge in [-0.3, -0.25) is 4.98 Å². The molecule has 0 saturated carbocycles. The number of nitrogens with two attached hydrogens (primary N) is 1. The molecule has 4 heteroatoms. The zero-order valence-electron chi connectivity index (χ0n) is 6.17. The van der Waals surface area contributed by atoms with E-state index in [1.165, 1.54) is 0 Å². The number of methoxy groups -OCH3 is 1. The van der Waals surface area contributed by atoms with E-state index in [0.29, 0.717) is 6.61 Å². The third kappa shape index (κ3) is 2.30. The lowest BCUT2D eigenvalue weighted by Crippen LogP contribution is -1.96. The summed E-state index contributed by atoms with van der Waals surface area (Å²) in [5.41, 5.74) is 7.27. The normalized spacial score (nSPS) is 10.0. The molecule has 1 rings (SSSR count). The second-order valence-corrected chi connectivity index (χ2v) is 3.29. The van der Waals surface area contributed by atoms with Crippen molar-refractivity contribution in [3.05, 3.63) is 21.5 Å². The zero-order chi connectivity index (χ0) is 8.27. The van der Waals surface area contributed by atoms with Gasteiger partial charge in [-0.15, -0.1) is 0 Å². The van der Waals surface area contributed by atoms with Gasteiger partial charge in [-0.2, -0.15) is 0 Å². The highest BCUT2D eigenvalue weighted by atomic mass is 127. The maximum atomic E-state index is 5.65. The van der Waals surface area contributed by atoms with Crippen molar-refractivity contribution in [3.8, 4) is 0 Å². The minimum Gasteiger partial charge on any atom is -0.398 e. The molecule has 0 fully saturated rings. The minimum atomic E-state index is 0.515. The van der Waals surface area contributed by atoms with Gasteiger partial charge in [-0.25, -0.2) is 0 Å². The van der Waals surface area contributed by atoms with Crippen LogP contribution in [0.2, 0.25) is 0 Å². The minimum absolute atomic E-state index is 0.515. The van der Waals surface area contributed by atoms with Crippen molar-refractivity contribution in [3.63, 3.8) is 0 Å². The van der Waals surface area contributed by atoms with E-state index in [4.69, 9.17) is 10.5 Å². The summed E-state index contributed by atoms with van der Waals surface area (Å²) in [6.45, 7) is 0.515. The molecule has 1 aromatic heterocycles. The summed E-state index contributed by atoms with van der Waals surface area (Å²) in [5, 5.41) is 0. The van der Waals surface area contributed by atoms with Gasteiger partial charge in [-0.05, 0) is 28.7 Å². The van der Waals surface area contributed by atoms with Crippen LogP contribution in [0.3, 0.4) is 0 Å². The van der Waals surface area contributed by atoms with Gasteiger partial charge < -0.3 is 10.5 Å². The summed E-state index contributed by atoms with van der Waals surface area (Å²) in [4.78, 5) is 4.12. The zero-order valence-corrected chi connectivity index (χ0v) is 8.33. The van der Waals surface area contributed by atoms with E-state index in [0.717, 1.165) is 15.0 Å². The number of anilines is 1. The van der Waals surface area contributed by atoms with E-state index in [9.17, 15) is 0 Å². The predicted octanol–water partition coefficient (Wildman–Crippen LogP) is 1.41. The van der Waals surface area contributed by atoms with E-state index in [1.807, 2.05) is 6.07 Å². The van der Waals surface area contributed by atoms with Gasteiger partial charge in [0, 0.05) is 19.0 Å². The molecule has 0 radical (unpaired) electrons. The summed E-state index contributed by atoms with van der Waals surface area (Å²) in [5.74, 6) is 0. The topological polar surface area (TPSA) is 48.1 Å². The first-order valence-electron chi connectivity index (χ1n) is 3.13. The molecule has 0 aliphatic heterocycles. The van der Waals surface area contributed by atoms with Gasteiger partial charge in [0.2, 0.25) is 0 Å². The van der Waals surface area contributed by atoms with E-state index in [1.54, 1.807) is 13.3 Å². The first-order valence-corrected chi connectivity index (χ1v) is 4.20. The lowest BCUT2D eigenvalue weighted by atomic mass is 10.3. The maximum absolute atomic E-state index is 5.65. The second kappa shape index (κ2) is 3.87. The van der Waals surface area contributed by atoms with Gasteiger partial charge in [0.15, 0.2) is 0 Å². The smallest absolute Gasteiger partial charge is 0.0884 e. The average molecular weight is 264 g/mol. The largest absolute Gasteiger partial charge is 0.398 e. The molecule has 11 heavy (non-hydrogen) atoms. The summed E-state index contributed by atoms with van der Waals surface area (Å²) in [6, 6.07) is 1.82. The van der Waals surface area contributed by atoms with E-state index in [2.05, 4.69) is 27.6 Å². The van der Waals surface area contributed by atoms with Crippen LogP contribution in [0.15, 0.2) is 12.3 Å². The van der Waals surface area contributed by atoms with Crippen LogP contribution >= 0.6 is 22.6 Å². The number of nitrogen functional groups attached to an aromatic ring is 1. The van der Waals surface area contributed by atoms with Crippen LogP contribution < -0.4 is 5.73 Å². The fourth-order valence-corrected chi connectivity index (χ4v) is 1.02. The molecule has 1 aromatic rings. The summed E-state index contributed by atoms with van der Waals surface area (Å²) in [6.07, 6.45) is 1.74. The van der Waals surface area contributed by atoms with Crippen molar-refractivity contribution in [1.29, 1.82) is 0 Å². The fraction of sp³-hybridized carbons (Fsp3) is 0.286. The molecule has 60 valence electrons. The molecule has 0 aliphatic carbocycles. The molecular weight excluding hydrogens is 255 g/mol. The van der Waals surface area contributed by atoms with Crippen LogP contribution in [-0.4, -0.2) is 12.1 Å². The Balaban J connectivity index is 2.86. The van der Waals surface area contributed by atoms with Crippen LogP contribution in [0.25, 0.3) is 0 Å². The molecule has 0 saturated heterocycles. The Morgan fingerprint density at radius 1 is 1.73 bits per heavy atom. The molecule has 1 heterocycles. The molecule has 0 amide bonds. The Kier molecular flexibility index (Phi) is 3.07. The van der Waals surface area contributed by atoms with Crippen molar-refractivity contribution < 1.29 is 4.74 Å². The quantitative estimate of drug-likeness (QED) is 0.822. The Morgan fingerprint density at radius 3 is 3.00 bits per heavy atom. The van der Waals surface area contributed by atoms with Crippen molar-refractivity contribution in [1.82, 2.24) is 4.98 Å². The van der Waals surface area contributed by atoms with Crippen LogP contribution in [0, 0.1) is 3.57 Å². The number of hydrogen-bond donors (Lipinski definition) is 1. The van der Waals surface area contributed by atoms with E-state index >= 15 is 0 Å². The number of halogens is 1. The lowest BCUT2D eigenvalue weighted by Gasteiger charge is -2.01. The maximum Gasteiger partial charge on any atom is 0.0884 e. The van der Waals surface area contributed by atoms with E-state index < -0.39 is 0 Å². The standard InChI is InChI=1S/C7H9IN2O/c1-11-4-5-2-7(9)6(8)3-10-5/h2-3H,4H2,1H3,(H2,9,10). The highest BCUT2D eigenvalue weighted by Crippen LogP contribution is 2.13. The van der Waals surface area contributed by atoms with Crippen molar-refractivity contribution in [2.45, 2.75) is 6.61 Å². The molecule has 0 unspecified atom stereocenters. The molecule has 0 bridgehead atoms. The molecule has 3 nitrogen and oxygen atoms in total. The monoisotopic (exact) mass is 264 g/mol. The Morgan fingerprint density at radius 2 is 2.45 bits per heavy atom. The Hall–Kier alpha value is -0.360. The molecule has 0 aliphatic rings. The Labute approximate surface area is 79.1 Å². The first kappa shape index (κ1) is 8.73. The molecule has 0 atom stereocenters. The van der Waals surface area contributed by atoms with E-state index in [-0.39, 0.29) is 0 Å². The summed E-state index contributed by atoms with van der Waals surface area (Å²) in [7, 11) is 1.63. The van der Waals surface area contributed by atoms with Crippen LogP contribution in [0.5, 0.6) is 0 Å². The molecular formula is C7H9IN2O. The van der Waals surface area contributed by atoms with Crippen LogP contribution in [0.4, 0.5) is 5.69 Å². The lowest BCUT2D eigenvalue weighted by molar-refractivity contribution is 0.181. The fourth-order valence-electron chi connectivity index (χ4n) is 0.727. The van der Waals surface area contributed by atoms with Gasteiger partial charge >= 0.3 is 0 Å². The van der Waals surface area contributed by atoms with Gasteiger partial charge in [0.05, 0.1) is 15.9 Å². The second-order valence-electron chi connectivity index (χ2n) is 2.13. The number of aromatic nitrogens is 1. The molecule has 0 aromatic carbocycles. The SMILES string of the molecule is COCc1cc(N)c(I)cn1. The summed E-state index contributed by atoms with van der Waals surface area (Å²) < 4.78 is 5.88. The third-order valence-electron chi connectivity index (χ3n) is 1.23. The third-order valence-corrected chi connectivity index (χ3v) is 2.14.